The zero-order valence-electron chi connectivity index (χ0n) is 22.5. The van der Waals surface area contributed by atoms with Crippen LogP contribution in [0.2, 0.25) is 0 Å². The minimum Gasteiger partial charge on any atom is -0.446 e. The van der Waals surface area contributed by atoms with Crippen molar-refractivity contribution >= 4 is 40.5 Å². The molecule has 0 spiro atoms. The minimum atomic E-state index is -1.22. The van der Waals surface area contributed by atoms with E-state index in [1.807, 2.05) is 30.0 Å². The van der Waals surface area contributed by atoms with Crippen LogP contribution in [0.1, 0.15) is 24.8 Å². The van der Waals surface area contributed by atoms with Gasteiger partial charge in [-0.1, -0.05) is 17.7 Å². The molecule has 3 aromatic rings. The molecule has 3 fully saturated rings. The highest BCUT2D eigenvalue weighted by atomic mass is 19.1. The van der Waals surface area contributed by atoms with Crippen molar-refractivity contribution in [2.75, 3.05) is 42.2 Å². The van der Waals surface area contributed by atoms with Gasteiger partial charge in [0.2, 0.25) is 5.95 Å². The summed E-state index contributed by atoms with van der Waals surface area (Å²) in [5.41, 5.74) is 1.13. The van der Waals surface area contributed by atoms with E-state index in [1.165, 1.54) is 4.90 Å². The zero-order valence-corrected chi connectivity index (χ0v) is 22.5. The van der Waals surface area contributed by atoms with E-state index in [4.69, 9.17) is 4.74 Å². The molecule has 2 aromatic heterocycles. The van der Waals surface area contributed by atoms with Crippen LogP contribution in [0.25, 0.3) is 10.8 Å². The number of nitrogens with zero attached hydrogens (tertiary/aromatic N) is 5. The smallest absolute Gasteiger partial charge is 0.413 e. The fourth-order valence-electron chi connectivity index (χ4n) is 5.90. The number of aromatic nitrogens is 3. The average molecular weight is 549 g/mol. The Kier molecular flexibility index (Phi) is 7.09. The number of carbonyl (C=O) groups is 2. The summed E-state index contributed by atoms with van der Waals surface area (Å²) in [5.74, 6) is 1.40. The lowest BCUT2D eigenvalue weighted by Gasteiger charge is -2.39. The number of aryl methyl sites for hydroxylation is 1. The maximum atomic E-state index is 15.1. The van der Waals surface area contributed by atoms with Crippen LogP contribution in [0, 0.1) is 12.8 Å². The third-order valence-electron chi connectivity index (χ3n) is 8.14. The SMILES string of the molecule is Cc1ccc2cc(NC(=O)N(C)[C@H]3CN(c4nccc(NC(=O)O[C@@H]5C[C@@H]6C[C@H]5CN6)n4)CC[C@H]3F)ncc2c1. The quantitative estimate of drug-likeness (QED) is 0.441. The summed E-state index contributed by atoms with van der Waals surface area (Å²) in [6.07, 6.45) is 3.46. The van der Waals surface area contributed by atoms with Gasteiger partial charge in [0, 0.05) is 62.8 Å². The molecule has 40 heavy (non-hydrogen) atoms. The Labute approximate surface area is 231 Å². The van der Waals surface area contributed by atoms with Crippen LogP contribution in [0.5, 0.6) is 0 Å². The molecule has 1 aromatic carbocycles. The number of hydrogen-bond donors (Lipinski definition) is 3. The molecule has 0 unspecified atom stereocenters. The topological polar surface area (TPSA) is 125 Å². The molecule has 210 valence electrons. The first-order chi connectivity index (χ1) is 19.3. The van der Waals surface area contributed by atoms with E-state index in [9.17, 15) is 9.59 Å². The van der Waals surface area contributed by atoms with Gasteiger partial charge in [0.05, 0.1) is 6.04 Å². The number of benzene rings is 1. The summed E-state index contributed by atoms with van der Waals surface area (Å²) < 4.78 is 20.7. The van der Waals surface area contributed by atoms with Crippen molar-refractivity contribution in [3.8, 4) is 0 Å². The van der Waals surface area contributed by atoms with Crippen molar-refractivity contribution in [3.63, 3.8) is 0 Å². The fraction of sp³-hybridized carbons (Fsp3) is 0.464. The number of urea groups is 1. The molecular weight excluding hydrogens is 515 g/mol. The average Bonchev–Trinajstić information content (AvgIpc) is 3.56. The molecule has 4 heterocycles. The van der Waals surface area contributed by atoms with E-state index < -0.39 is 24.3 Å². The molecule has 12 heteroatoms. The molecule has 2 bridgehead atoms. The zero-order chi connectivity index (χ0) is 27.8. The monoisotopic (exact) mass is 548 g/mol. The van der Waals surface area contributed by atoms with E-state index in [-0.39, 0.29) is 19.1 Å². The van der Waals surface area contributed by atoms with Gasteiger partial charge < -0.3 is 19.9 Å². The van der Waals surface area contributed by atoms with Gasteiger partial charge in [-0.2, -0.15) is 4.98 Å². The van der Waals surface area contributed by atoms with Crippen LogP contribution >= 0.6 is 0 Å². The van der Waals surface area contributed by atoms with E-state index in [0.29, 0.717) is 36.1 Å². The molecule has 3 amide bonds. The van der Waals surface area contributed by atoms with Crippen LogP contribution in [-0.4, -0.2) is 83.0 Å². The lowest BCUT2D eigenvalue weighted by Crippen LogP contribution is -2.55. The van der Waals surface area contributed by atoms with Crippen molar-refractivity contribution in [2.45, 2.75) is 50.5 Å². The summed E-state index contributed by atoms with van der Waals surface area (Å²) in [6, 6.07) is 8.62. The standard InChI is InChI=1S/C28H33FN8O3/c1-16-3-4-17-11-25(32-13-18(17)9-16)34-27(38)36(2)22-15-37(8-6-21(22)29)26-30-7-5-24(33-26)35-28(39)40-23-12-20-10-19(23)14-31-20/h3-5,7,9,11,13,19-23,31H,6,8,10,12,14-15H2,1-2H3,(H,32,34,38)(H,30,33,35,39)/t19-,20-,21+,22-,23+/m0/s1. The molecule has 2 aliphatic heterocycles. The van der Waals surface area contributed by atoms with Crippen molar-refractivity contribution < 1.29 is 18.7 Å². The number of pyridine rings is 1. The second kappa shape index (κ2) is 10.8. The number of amides is 3. The van der Waals surface area contributed by atoms with Crippen LogP contribution < -0.4 is 20.9 Å². The van der Waals surface area contributed by atoms with Gasteiger partial charge in [-0.15, -0.1) is 0 Å². The normalized spacial score (nSPS) is 25.6. The Hall–Kier alpha value is -4.06. The third kappa shape index (κ3) is 5.48. The lowest BCUT2D eigenvalue weighted by molar-refractivity contribution is 0.0800. The molecule has 1 aliphatic carbocycles. The number of nitrogens with one attached hydrogen (secondary N) is 3. The molecule has 3 N–H and O–H groups in total. The van der Waals surface area contributed by atoms with Crippen molar-refractivity contribution in [1.29, 1.82) is 0 Å². The highest BCUT2D eigenvalue weighted by Gasteiger charge is 2.41. The van der Waals surface area contributed by atoms with E-state index in [0.717, 1.165) is 35.7 Å². The first kappa shape index (κ1) is 26.2. The minimum absolute atomic E-state index is 0.0902. The van der Waals surface area contributed by atoms with Crippen molar-refractivity contribution in [1.82, 2.24) is 25.2 Å². The maximum Gasteiger partial charge on any atom is 0.413 e. The molecule has 11 nitrogen and oxygen atoms in total. The summed E-state index contributed by atoms with van der Waals surface area (Å²) in [5, 5.41) is 10.8. The van der Waals surface area contributed by atoms with Gasteiger partial charge in [-0.3, -0.25) is 10.6 Å². The van der Waals surface area contributed by atoms with E-state index >= 15 is 4.39 Å². The predicted octanol–water partition coefficient (Wildman–Crippen LogP) is 3.71. The second-order valence-electron chi connectivity index (χ2n) is 10.9. The van der Waals surface area contributed by atoms with Gasteiger partial charge >= 0.3 is 12.1 Å². The van der Waals surface area contributed by atoms with Gasteiger partial charge in [-0.25, -0.2) is 23.9 Å². The Morgan fingerprint density at radius 1 is 1.12 bits per heavy atom. The van der Waals surface area contributed by atoms with Crippen LogP contribution in [-0.2, 0) is 4.74 Å². The number of alkyl halides is 1. The number of carbonyl (C=O) groups excluding carboxylic acids is 2. The molecule has 6 rings (SSSR count). The number of hydrogen-bond acceptors (Lipinski definition) is 8. The molecule has 1 saturated carbocycles. The summed E-state index contributed by atoms with van der Waals surface area (Å²) in [4.78, 5) is 41.9. The third-order valence-corrected chi connectivity index (χ3v) is 8.14. The highest BCUT2D eigenvalue weighted by Crippen LogP contribution is 2.33. The molecule has 2 saturated heterocycles. The van der Waals surface area contributed by atoms with Gasteiger partial charge in [0.15, 0.2) is 0 Å². The molecular formula is C28H33FN8O3. The predicted molar refractivity (Wildman–Crippen MR) is 149 cm³/mol. The Morgan fingerprint density at radius 3 is 2.80 bits per heavy atom. The van der Waals surface area contributed by atoms with E-state index in [1.54, 1.807) is 31.6 Å². The largest absolute Gasteiger partial charge is 0.446 e. The Morgan fingerprint density at radius 2 is 2.00 bits per heavy atom. The maximum absolute atomic E-state index is 15.1. The number of piperidine rings is 2. The summed E-state index contributed by atoms with van der Waals surface area (Å²) in [6.45, 7) is 3.46. The van der Waals surface area contributed by atoms with Crippen molar-refractivity contribution in [2.24, 2.45) is 5.92 Å². The van der Waals surface area contributed by atoms with Crippen LogP contribution in [0.3, 0.4) is 0 Å². The van der Waals surface area contributed by atoms with Gasteiger partial charge in [-0.05, 0) is 43.4 Å². The van der Waals surface area contributed by atoms with Crippen molar-refractivity contribution in [3.05, 3.63) is 48.3 Å². The molecule has 3 aliphatic rings. The Balaban J connectivity index is 1.08. The number of ether oxygens (including phenoxy) is 1. The lowest BCUT2D eigenvalue weighted by atomic mass is 10.0. The second-order valence-corrected chi connectivity index (χ2v) is 10.9. The number of halogens is 1. The van der Waals surface area contributed by atoms with Gasteiger partial charge in [0.1, 0.15) is 23.9 Å². The summed E-state index contributed by atoms with van der Waals surface area (Å²) >= 11 is 0. The first-order valence-electron chi connectivity index (χ1n) is 13.7. The Bertz CT molecular complexity index is 1420. The van der Waals surface area contributed by atoms with E-state index in [2.05, 4.69) is 30.9 Å². The number of likely N-dealkylation sites (N-methyl/N-ethyl adjacent to an activating group) is 1. The van der Waals surface area contributed by atoms with Crippen LogP contribution in [0.15, 0.2) is 42.7 Å². The molecule has 0 radical (unpaired) electrons. The fourth-order valence-corrected chi connectivity index (χ4v) is 5.90. The highest BCUT2D eigenvalue weighted by molar-refractivity contribution is 5.92. The summed E-state index contributed by atoms with van der Waals surface area (Å²) in [7, 11) is 1.57. The number of rotatable bonds is 5. The molecule has 5 atom stereocenters. The first-order valence-corrected chi connectivity index (χ1v) is 13.7. The van der Waals surface area contributed by atoms with Gasteiger partial charge in [0.25, 0.3) is 0 Å². The number of anilines is 3. The van der Waals surface area contributed by atoms with Crippen LogP contribution in [0.4, 0.5) is 31.6 Å². The number of fused-ring (bicyclic) bond motifs is 3.